The molecule has 3 nitrogen and oxygen atoms in total. The highest BCUT2D eigenvalue weighted by Gasteiger charge is 1.97. The average molecular weight is 256 g/mol. The predicted octanol–water partition coefficient (Wildman–Crippen LogP) is 4.84. The minimum Gasteiger partial charge on any atom is -0.222 e. The minimum atomic E-state index is 0.695. The number of nitrogens with zero attached hydrogens (tertiary/aromatic N) is 3. The maximum absolute atomic E-state index is 5.81. The van der Waals surface area contributed by atoms with Gasteiger partial charge in [-0.3, -0.25) is 0 Å². The van der Waals surface area contributed by atoms with Crippen molar-refractivity contribution in [2.75, 3.05) is 0 Å². The molecule has 0 fully saturated rings. The maximum Gasteiger partial charge on any atom is 0.0875 e. The van der Waals surface area contributed by atoms with Crippen LogP contribution in [-0.4, -0.2) is 4.68 Å². The molecule has 0 amide bonds. The second kappa shape index (κ2) is 4.63. The van der Waals surface area contributed by atoms with Crippen molar-refractivity contribution in [2.45, 2.75) is 0 Å². The van der Waals surface area contributed by atoms with Crippen LogP contribution < -0.4 is 0 Å². The fourth-order valence-corrected chi connectivity index (χ4v) is 1.88. The molecule has 1 aromatic heterocycles. The van der Waals surface area contributed by atoms with Crippen LogP contribution in [0.4, 0.5) is 5.69 Å². The molecule has 0 saturated heterocycles. The van der Waals surface area contributed by atoms with Gasteiger partial charge in [-0.05, 0) is 36.4 Å². The van der Waals surface area contributed by atoms with Gasteiger partial charge in [-0.25, -0.2) is 4.68 Å². The quantitative estimate of drug-likeness (QED) is 0.587. The van der Waals surface area contributed by atoms with Crippen molar-refractivity contribution in [3.8, 4) is 0 Å². The van der Waals surface area contributed by atoms with Crippen LogP contribution in [0.5, 0.6) is 0 Å². The number of halogens is 1. The molecule has 1 heterocycles. The smallest absolute Gasteiger partial charge is 0.0875 e. The average Bonchev–Trinajstić information content (AvgIpc) is 2.82. The fraction of sp³-hybridized carbons (Fsp3) is 0. The van der Waals surface area contributed by atoms with E-state index in [9.17, 15) is 0 Å². The van der Waals surface area contributed by atoms with Gasteiger partial charge in [0.25, 0.3) is 0 Å². The number of rotatable bonds is 2. The highest BCUT2D eigenvalue weighted by Crippen LogP contribution is 2.19. The molecule has 3 aromatic rings. The van der Waals surface area contributed by atoms with Crippen molar-refractivity contribution in [1.82, 2.24) is 4.68 Å². The number of hydrogen-bond acceptors (Lipinski definition) is 2. The van der Waals surface area contributed by atoms with E-state index < -0.39 is 0 Å². The lowest BCUT2D eigenvalue weighted by molar-refractivity contribution is 0.841. The maximum atomic E-state index is 5.81. The van der Waals surface area contributed by atoms with Gasteiger partial charge in [0, 0.05) is 16.6 Å². The Morgan fingerprint density at radius 3 is 2.50 bits per heavy atom. The van der Waals surface area contributed by atoms with E-state index in [1.165, 1.54) is 0 Å². The predicted molar refractivity (Wildman–Crippen MR) is 73.3 cm³/mol. The van der Waals surface area contributed by atoms with Crippen molar-refractivity contribution in [2.24, 2.45) is 10.3 Å². The molecule has 0 aliphatic heterocycles. The third kappa shape index (κ3) is 2.13. The van der Waals surface area contributed by atoms with Gasteiger partial charge in [-0.1, -0.05) is 35.0 Å². The highest BCUT2D eigenvalue weighted by molar-refractivity contribution is 6.30. The van der Waals surface area contributed by atoms with Crippen LogP contribution in [0, 0.1) is 0 Å². The summed E-state index contributed by atoms with van der Waals surface area (Å²) >= 11 is 5.81. The Kier molecular flexibility index (Phi) is 2.82. The largest absolute Gasteiger partial charge is 0.222 e. The summed E-state index contributed by atoms with van der Waals surface area (Å²) in [5.74, 6) is 0. The Labute approximate surface area is 109 Å². The molecule has 0 atom stereocenters. The highest BCUT2D eigenvalue weighted by atomic mass is 35.5. The van der Waals surface area contributed by atoms with Gasteiger partial charge in [0.1, 0.15) is 0 Å². The molecular formula is C14H10ClN3. The summed E-state index contributed by atoms with van der Waals surface area (Å²) in [5.41, 5.74) is 1.81. The first-order valence-corrected chi connectivity index (χ1v) is 5.94. The molecule has 0 saturated carbocycles. The van der Waals surface area contributed by atoms with E-state index in [1.54, 1.807) is 16.8 Å². The Balaban J connectivity index is 1.94. The fourth-order valence-electron chi connectivity index (χ4n) is 1.75. The zero-order valence-electron chi connectivity index (χ0n) is 9.49. The molecule has 0 aliphatic carbocycles. The molecular weight excluding hydrogens is 246 g/mol. The molecule has 0 N–H and O–H groups in total. The van der Waals surface area contributed by atoms with Gasteiger partial charge in [0.05, 0.1) is 11.2 Å². The Bertz CT molecular complexity index is 698. The first kappa shape index (κ1) is 11.0. The van der Waals surface area contributed by atoms with E-state index >= 15 is 0 Å². The van der Waals surface area contributed by atoms with Crippen LogP contribution in [0.15, 0.2) is 71.1 Å². The second-order valence-electron chi connectivity index (χ2n) is 3.88. The van der Waals surface area contributed by atoms with E-state index in [0.29, 0.717) is 5.02 Å². The SMILES string of the molecule is Clc1ccc(N=Nn2ccc3ccccc32)cc1. The van der Waals surface area contributed by atoms with E-state index in [4.69, 9.17) is 11.6 Å². The molecule has 18 heavy (non-hydrogen) atoms. The summed E-state index contributed by atoms with van der Waals surface area (Å²) in [6, 6.07) is 17.3. The Morgan fingerprint density at radius 2 is 1.67 bits per heavy atom. The van der Waals surface area contributed by atoms with Gasteiger partial charge in [-0.15, -0.1) is 5.11 Å². The molecule has 88 valence electrons. The van der Waals surface area contributed by atoms with Gasteiger partial charge >= 0.3 is 0 Å². The number of benzene rings is 2. The molecule has 4 heteroatoms. The summed E-state index contributed by atoms with van der Waals surface area (Å²) in [7, 11) is 0. The van der Waals surface area contributed by atoms with Crippen LogP contribution in [0.2, 0.25) is 5.02 Å². The zero-order valence-corrected chi connectivity index (χ0v) is 10.2. The Morgan fingerprint density at radius 1 is 0.889 bits per heavy atom. The lowest BCUT2D eigenvalue weighted by Gasteiger charge is -1.96. The molecule has 0 radical (unpaired) electrons. The van der Waals surface area contributed by atoms with Crippen molar-refractivity contribution >= 4 is 28.2 Å². The Hall–Kier alpha value is -2.13. The summed E-state index contributed by atoms with van der Waals surface area (Å²) < 4.78 is 1.75. The van der Waals surface area contributed by atoms with Crippen molar-refractivity contribution in [1.29, 1.82) is 0 Å². The summed E-state index contributed by atoms with van der Waals surface area (Å²) in [6.07, 6.45) is 1.89. The van der Waals surface area contributed by atoms with Gasteiger partial charge in [0.2, 0.25) is 0 Å². The summed E-state index contributed by atoms with van der Waals surface area (Å²) in [4.78, 5) is 0. The van der Waals surface area contributed by atoms with Gasteiger partial charge in [0.15, 0.2) is 0 Å². The third-order valence-electron chi connectivity index (χ3n) is 2.66. The number of fused-ring (bicyclic) bond motifs is 1. The normalized spacial score (nSPS) is 11.4. The van der Waals surface area contributed by atoms with E-state index in [1.807, 2.05) is 48.7 Å². The topological polar surface area (TPSA) is 29.6 Å². The van der Waals surface area contributed by atoms with Gasteiger partial charge < -0.3 is 0 Å². The molecule has 0 bridgehead atoms. The molecule has 3 rings (SSSR count). The minimum absolute atomic E-state index is 0.695. The number of hydrogen-bond donors (Lipinski definition) is 0. The van der Waals surface area contributed by atoms with E-state index in [0.717, 1.165) is 16.6 Å². The lowest BCUT2D eigenvalue weighted by Crippen LogP contribution is -1.82. The van der Waals surface area contributed by atoms with Crippen LogP contribution in [-0.2, 0) is 0 Å². The van der Waals surface area contributed by atoms with Crippen LogP contribution in [0.25, 0.3) is 10.9 Å². The van der Waals surface area contributed by atoms with Crippen LogP contribution in [0.3, 0.4) is 0 Å². The van der Waals surface area contributed by atoms with Crippen LogP contribution in [0.1, 0.15) is 0 Å². The summed E-state index contributed by atoms with van der Waals surface area (Å²) in [6.45, 7) is 0. The zero-order chi connectivity index (χ0) is 12.4. The monoisotopic (exact) mass is 255 g/mol. The van der Waals surface area contributed by atoms with E-state index in [-0.39, 0.29) is 0 Å². The van der Waals surface area contributed by atoms with Crippen molar-refractivity contribution in [3.63, 3.8) is 0 Å². The van der Waals surface area contributed by atoms with E-state index in [2.05, 4.69) is 10.3 Å². The number of aromatic nitrogens is 1. The van der Waals surface area contributed by atoms with Crippen molar-refractivity contribution < 1.29 is 0 Å². The van der Waals surface area contributed by atoms with Crippen LogP contribution >= 0.6 is 11.6 Å². The second-order valence-corrected chi connectivity index (χ2v) is 4.32. The molecule has 0 unspecified atom stereocenters. The van der Waals surface area contributed by atoms with Gasteiger partial charge in [-0.2, -0.15) is 0 Å². The molecule has 2 aromatic carbocycles. The number of para-hydroxylation sites is 1. The lowest BCUT2D eigenvalue weighted by atomic mass is 10.3. The molecule has 0 spiro atoms. The third-order valence-corrected chi connectivity index (χ3v) is 2.91. The first-order valence-electron chi connectivity index (χ1n) is 5.57. The standard InChI is InChI=1S/C14H10ClN3/c15-12-5-7-13(8-6-12)16-17-18-10-9-11-3-1-2-4-14(11)18/h1-10H. The molecule has 0 aliphatic rings. The summed E-state index contributed by atoms with van der Waals surface area (Å²) in [5, 5.41) is 10.2. The van der Waals surface area contributed by atoms with Crippen molar-refractivity contribution in [3.05, 3.63) is 65.8 Å². The first-order chi connectivity index (χ1) is 8.83.